The lowest BCUT2D eigenvalue weighted by molar-refractivity contribution is -0.124. The average molecular weight is 410 g/mol. The number of thioether (sulfide) groups is 1. The van der Waals surface area contributed by atoms with Gasteiger partial charge in [-0.25, -0.2) is 0 Å². The van der Waals surface area contributed by atoms with Crippen LogP contribution in [0.3, 0.4) is 0 Å². The second-order valence-electron chi connectivity index (χ2n) is 6.03. The quantitative estimate of drug-likeness (QED) is 0.782. The van der Waals surface area contributed by atoms with E-state index >= 15 is 0 Å². The lowest BCUT2D eigenvalue weighted by Crippen LogP contribution is -2.38. The molecule has 0 spiro atoms. The number of para-hydroxylation sites is 2. The van der Waals surface area contributed by atoms with E-state index in [4.69, 9.17) is 12.2 Å². The highest BCUT2D eigenvalue weighted by molar-refractivity contribution is 8.23. The van der Waals surface area contributed by atoms with Crippen LogP contribution in [-0.2, 0) is 14.4 Å². The SMILES string of the molecule is O=C(CN1C(=O)C(=NN2C(=O)CSC2=S)c2ccccc21)Nc1ccccc1. The molecule has 140 valence electrons. The van der Waals surface area contributed by atoms with Crippen molar-refractivity contribution in [1.82, 2.24) is 5.01 Å². The van der Waals surface area contributed by atoms with Crippen molar-refractivity contribution in [3.8, 4) is 0 Å². The number of hydrogen-bond donors (Lipinski definition) is 1. The van der Waals surface area contributed by atoms with Crippen molar-refractivity contribution in [2.24, 2.45) is 5.10 Å². The fourth-order valence-electron chi connectivity index (χ4n) is 2.93. The van der Waals surface area contributed by atoms with Crippen molar-refractivity contribution in [3.05, 3.63) is 60.2 Å². The Hall–Kier alpha value is -3.04. The number of fused-ring (bicyclic) bond motifs is 1. The van der Waals surface area contributed by atoms with Crippen LogP contribution in [0.2, 0.25) is 0 Å². The van der Waals surface area contributed by atoms with E-state index in [9.17, 15) is 14.4 Å². The molecular formula is C19H14N4O3S2. The third-order valence-corrected chi connectivity index (χ3v) is 5.52. The molecule has 2 aliphatic heterocycles. The second kappa shape index (κ2) is 7.53. The Morgan fingerprint density at radius 3 is 2.54 bits per heavy atom. The summed E-state index contributed by atoms with van der Waals surface area (Å²) in [6.45, 7) is -0.170. The number of benzene rings is 2. The van der Waals surface area contributed by atoms with Gasteiger partial charge in [-0.1, -0.05) is 60.4 Å². The zero-order chi connectivity index (χ0) is 19.7. The van der Waals surface area contributed by atoms with E-state index in [1.54, 1.807) is 36.4 Å². The Morgan fingerprint density at radius 2 is 1.82 bits per heavy atom. The largest absolute Gasteiger partial charge is 0.325 e. The summed E-state index contributed by atoms with van der Waals surface area (Å²) in [5.41, 5.74) is 1.87. The number of hydrogen-bond acceptors (Lipinski definition) is 6. The number of nitrogens with one attached hydrogen (secondary N) is 1. The van der Waals surface area contributed by atoms with E-state index in [1.807, 2.05) is 18.2 Å². The molecule has 3 amide bonds. The molecular weight excluding hydrogens is 396 g/mol. The summed E-state index contributed by atoms with van der Waals surface area (Å²) in [5, 5.41) is 8.06. The standard InChI is InChI=1S/C19H14N4O3S2/c24-15(20-12-6-2-1-3-7-12)10-22-14-9-5-4-8-13(14)17(18(22)26)21-23-16(25)11-28-19(23)27/h1-9H,10-11H2,(H,20,24). The van der Waals surface area contributed by atoms with E-state index in [0.717, 1.165) is 5.01 Å². The van der Waals surface area contributed by atoms with Gasteiger partial charge in [0.2, 0.25) is 5.91 Å². The van der Waals surface area contributed by atoms with Crippen LogP contribution in [-0.4, -0.2) is 45.1 Å². The summed E-state index contributed by atoms with van der Waals surface area (Å²) in [7, 11) is 0. The highest BCUT2D eigenvalue weighted by Crippen LogP contribution is 2.30. The zero-order valence-electron chi connectivity index (χ0n) is 14.5. The van der Waals surface area contributed by atoms with Crippen LogP contribution in [0.1, 0.15) is 5.56 Å². The molecule has 0 radical (unpaired) electrons. The molecule has 0 saturated carbocycles. The molecule has 1 saturated heterocycles. The third kappa shape index (κ3) is 3.41. The Kier molecular flexibility index (Phi) is 4.93. The first-order valence-corrected chi connectivity index (χ1v) is 9.78. The van der Waals surface area contributed by atoms with Crippen LogP contribution in [0.15, 0.2) is 59.7 Å². The number of thiocarbonyl (C=S) groups is 1. The normalized spacial score (nSPS) is 17.4. The number of carbonyl (C=O) groups is 3. The van der Waals surface area contributed by atoms with Crippen molar-refractivity contribution in [3.63, 3.8) is 0 Å². The molecule has 4 rings (SSSR count). The highest BCUT2D eigenvalue weighted by Gasteiger charge is 2.37. The van der Waals surface area contributed by atoms with Gasteiger partial charge >= 0.3 is 0 Å². The van der Waals surface area contributed by atoms with Crippen LogP contribution in [0, 0.1) is 0 Å². The molecule has 0 aromatic heterocycles. The molecule has 28 heavy (non-hydrogen) atoms. The first-order chi connectivity index (χ1) is 13.5. The van der Waals surface area contributed by atoms with E-state index in [0.29, 0.717) is 21.3 Å². The molecule has 0 aliphatic carbocycles. The molecule has 1 N–H and O–H groups in total. The molecule has 2 aromatic rings. The van der Waals surface area contributed by atoms with Crippen LogP contribution in [0.25, 0.3) is 0 Å². The topological polar surface area (TPSA) is 82.1 Å². The minimum absolute atomic E-state index is 0.0984. The zero-order valence-corrected chi connectivity index (χ0v) is 16.1. The molecule has 0 bridgehead atoms. The van der Waals surface area contributed by atoms with Gasteiger partial charge in [0.25, 0.3) is 11.8 Å². The second-order valence-corrected chi connectivity index (χ2v) is 7.64. The summed E-state index contributed by atoms with van der Waals surface area (Å²) in [6, 6.07) is 16.0. The predicted molar refractivity (Wildman–Crippen MR) is 112 cm³/mol. The maximum Gasteiger partial charge on any atom is 0.279 e. The third-order valence-electron chi connectivity index (χ3n) is 4.19. The van der Waals surface area contributed by atoms with Gasteiger partial charge in [0.05, 0.1) is 11.4 Å². The van der Waals surface area contributed by atoms with Crippen LogP contribution < -0.4 is 10.2 Å². The minimum Gasteiger partial charge on any atom is -0.325 e. The molecule has 7 nitrogen and oxygen atoms in total. The number of carbonyl (C=O) groups excluding carboxylic acids is 3. The molecule has 1 fully saturated rings. The number of amides is 3. The van der Waals surface area contributed by atoms with E-state index in [1.165, 1.54) is 16.7 Å². The Balaban J connectivity index is 1.61. The monoisotopic (exact) mass is 410 g/mol. The number of rotatable bonds is 4. The first kappa shape index (κ1) is 18.3. The average Bonchev–Trinajstić information content (AvgIpc) is 3.15. The Bertz CT molecular complexity index is 1010. The van der Waals surface area contributed by atoms with Crippen LogP contribution in [0.5, 0.6) is 0 Å². The van der Waals surface area contributed by atoms with Crippen molar-refractivity contribution < 1.29 is 14.4 Å². The summed E-state index contributed by atoms with van der Waals surface area (Å²) in [5.74, 6) is -0.849. The highest BCUT2D eigenvalue weighted by atomic mass is 32.2. The molecule has 2 heterocycles. The van der Waals surface area contributed by atoms with Crippen molar-refractivity contribution in [1.29, 1.82) is 0 Å². The predicted octanol–water partition coefficient (Wildman–Crippen LogP) is 2.24. The summed E-state index contributed by atoms with van der Waals surface area (Å²) >= 11 is 6.34. The number of anilines is 2. The maximum absolute atomic E-state index is 13.0. The fourth-order valence-corrected chi connectivity index (χ4v) is 3.88. The van der Waals surface area contributed by atoms with Gasteiger partial charge in [0.15, 0.2) is 10.0 Å². The first-order valence-electron chi connectivity index (χ1n) is 8.39. The lowest BCUT2D eigenvalue weighted by Gasteiger charge is -2.16. The van der Waals surface area contributed by atoms with Gasteiger partial charge in [-0.15, -0.1) is 0 Å². The van der Waals surface area contributed by atoms with Gasteiger partial charge in [0.1, 0.15) is 6.54 Å². The smallest absolute Gasteiger partial charge is 0.279 e. The van der Waals surface area contributed by atoms with Crippen LogP contribution >= 0.6 is 24.0 Å². The molecule has 0 atom stereocenters. The van der Waals surface area contributed by atoms with Gasteiger partial charge < -0.3 is 5.32 Å². The van der Waals surface area contributed by atoms with Crippen molar-refractivity contribution >= 4 is 63.1 Å². The van der Waals surface area contributed by atoms with Gasteiger partial charge in [0, 0.05) is 11.3 Å². The van der Waals surface area contributed by atoms with Gasteiger partial charge in [-0.3, -0.25) is 19.3 Å². The van der Waals surface area contributed by atoms with Gasteiger partial charge in [-0.2, -0.15) is 10.1 Å². The number of nitrogens with zero attached hydrogens (tertiary/aromatic N) is 3. The molecule has 0 unspecified atom stereocenters. The molecule has 9 heteroatoms. The van der Waals surface area contributed by atoms with Crippen molar-refractivity contribution in [2.75, 3.05) is 22.5 Å². The lowest BCUT2D eigenvalue weighted by atomic mass is 10.1. The van der Waals surface area contributed by atoms with E-state index < -0.39 is 5.91 Å². The minimum atomic E-state index is -0.447. The Morgan fingerprint density at radius 1 is 1.11 bits per heavy atom. The fraction of sp³-hybridized carbons (Fsp3) is 0.105. The van der Waals surface area contributed by atoms with E-state index in [-0.39, 0.29) is 29.8 Å². The Labute approximate surface area is 170 Å². The summed E-state index contributed by atoms with van der Waals surface area (Å²) < 4.78 is 0.308. The van der Waals surface area contributed by atoms with Crippen LogP contribution in [0.4, 0.5) is 11.4 Å². The van der Waals surface area contributed by atoms with E-state index in [2.05, 4.69) is 10.4 Å². The molecule has 2 aromatic carbocycles. The summed E-state index contributed by atoms with van der Waals surface area (Å²) in [4.78, 5) is 38.7. The van der Waals surface area contributed by atoms with Crippen molar-refractivity contribution in [2.45, 2.75) is 0 Å². The number of hydrazone groups is 1. The van der Waals surface area contributed by atoms with Gasteiger partial charge in [-0.05, 0) is 18.2 Å². The summed E-state index contributed by atoms with van der Waals surface area (Å²) in [6.07, 6.45) is 0. The molecule has 2 aliphatic rings. The maximum atomic E-state index is 13.0.